The average Bonchev–Trinajstić information content (AvgIpc) is 2.61. The fourth-order valence-electron chi connectivity index (χ4n) is 2.12. The molecule has 0 saturated heterocycles. The first kappa shape index (κ1) is 21.8. The van der Waals surface area contributed by atoms with E-state index in [4.69, 9.17) is 45.3 Å². The van der Waals surface area contributed by atoms with Gasteiger partial charge < -0.3 is 15.8 Å². The number of nitrogen functional groups attached to an aromatic ring is 1. The highest BCUT2D eigenvalue weighted by molar-refractivity contribution is 6.46. The van der Waals surface area contributed by atoms with Crippen molar-refractivity contribution >= 4 is 52.4 Å². The highest BCUT2D eigenvalue weighted by atomic mass is 35.5. The average molecular weight is 411 g/mol. The molecular weight excluding hydrogens is 389 g/mol. The molecule has 3 N–H and O–H groups in total. The number of hydrogen-bond acceptors (Lipinski definition) is 5. The summed E-state index contributed by atoms with van der Waals surface area (Å²) in [5, 5.41) is 2.38. The lowest BCUT2D eigenvalue weighted by Gasteiger charge is -2.15. The Morgan fingerprint density at radius 3 is 2.52 bits per heavy atom. The van der Waals surface area contributed by atoms with Crippen LogP contribution < -0.4 is 11.1 Å². The van der Waals surface area contributed by atoms with E-state index in [-0.39, 0.29) is 26.6 Å². The molecule has 1 aromatic heterocycles. The predicted octanol–water partition coefficient (Wildman–Crippen LogP) is 4.11. The van der Waals surface area contributed by atoms with Gasteiger partial charge in [0.1, 0.15) is 5.02 Å². The maximum Gasteiger partial charge on any atom is 0.359 e. The number of hydrogen-bond donors (Lipinski definition) is 2. The SMILES string of the molecule is CCCC[C@@H](CC)CNC(=O)COC(=O)c1nc(Cl)c(Cl)c(N)c1Cl. The van der Waals surface area contributed by atoms with Crippen LogP contribution in [0.5, 0.6) is 0 Å². The molecule has 140 valence electrons. The molecule has 0 aliphatic heterocycles. The number of nitrogens with two attached hydrogens (primary N) is 1. The largest absolute Gasteiger partial charge is 0.451 e. The normalized spacial score (nSPS) is 11.9. The molecule has 1 heterocycles. The van der Waals surface area contributed by atoms with Crippen LogP contribution in [-0.2, 0) is 9.53 Å². The Hall–Kier alpha value is -1.24. The van der Waals surface area contributed by atoms with Crippen molar-refractivity contribution in [3.05, 3.63) is 20.9 Å². The van der Waals surface area contributed by atoms with Gasteiger partial charge in [-0.05, 0) is 12.3 Å². The van der Waals surface area contributed by atoms with E-state index in [1.807, 2.05) is 0 Å². The second-order valence-corrected chi connectivity index (χ2v) is 6.70. The van der Waals surface area contributed by atoms with Crippen LogP contribution in [-0.4, -0.2) is 30.0 Å². The number of halogens is 3. The number of amides is 1. The Morgan fingerprint density at radius 2 is 1.92 bits per heavy atom. The molecule has 0 spiro atoms. The molecule has 6 nitrogen and oxygen atoms in total. The van der Waals surface area contributed by atoms with Gasteiger partial charge in [-0.15, -0.1) is 0 Å². The molecule has 0 aromatic carbocycles. The summed E-state index contributed by atoms with van der Waals surface area (Å²) in [6.45, 7) is 4.31. The first-order valence-corrected chi connectivity index (χ1v) is 9.18. The summed E-state index contributed by atoms with van der Waals surface area (Å²) >= 11 is 17.5. The topological polar surface area (TPSA) is 94.3 Å². The van der Waals surface area contributed by atoms with E-state index in [0.29, 0.717) is 12.5 Å². The van der Waals surface area contributed by atoms with Crippen LogP contribution in [0.15, 0.2) is 0 Å². The number of nitrogens with one attached hydrogen (secondary N) is 1. The zero-order valence-electron chi connectivity index (χ0n) is 14.2. The first-order valence-electron chi connectivity index (χ1n) is 8.05. The number of carbonyl (C=O) groups is 2. The second kappa shape index (κ2) is 10.7. The molecule has 0 unspecified atom stereocenters. The first-order chi connectivity index (χ1) is 11.8. The van der Waals surface area contributed by atoms with Gasteiger partial charge in [0.15, 0.2) is 17.5 Å². The molecule has 0 bridgehead atoms. The number of carbonyl (C=O) groups excluding carboxylic acids is 2. The van der Waals surface area contributed by atoms with E-state index in [0.717, 1.165) is 25.7 Å². The number of unbranched alkanes of at least 4 members (excludes halogenated alkanes) is 1. The van der Waals surface area contributed by atoms with Crippen molar-refractivity contribution in [3.63, 3.8) is 0 Å². The van der Waals surface area contributed by atoms with Crippen LogP contribution in [0.4, 0.5) is 5.69 Å². The number of rotatable bonds is 9. The Kier molecular flexibility index (Phi) is 9.32. The van der Waals surface area contributed by atoms with E-state index >= 15 is 0 Å². The Labute approximate surface area is 162 Å². The third-order valence-electron chi connectivity index (χ3n) is 3.73. The summed E-state index contributed by atoms with van der Waals surface area (Å²) in [5.74, 6) is -0.888. The van der Waals surface area contributed by atoms with Gasteiger partial charge in [0.05, 0.1) is 10.7 Å². The second-order valence-electron chi connectivity index (χ2n) is 5.59. The van der Waals surface area contributed by atoms with Crippen molar-refractivity contribution in [2.24, 2.45) is 5.92 Å². The molecule has 1 amide bonds. The lowest BCUT2D eigenvalue weighted by molar-refractivity contribution is -0.124. The van der Waals surface area contributed by atoms with Gasteiger partial charge >= 0.3 is 5.97 Å². The molecule has 25 heavy (non-hydrogen) atoms. The van der Waals surface area contributed by atoms with Crippen LogP contribution in [0.2, 0.25) is 15.2 Å². The monoisotopic (exact) mass is 409 g/mol. The number of ether oxygens (including phenoxy) is 1. The lowest BCUT2D eigenvalue weighted by Crippen LogP contribution is -2.33. The Bertz CT molecular complexity index is 626. The summed E-state index contributed by atoms with van der Waals surface area (Å²) < 4.78 is 4.91. The van der Waals surface area contributed by atoms with Gasteiger partial charge in [-0.3, -0.25) is 4.79 Å². The summed E-state index contributed by atoms with van der Waals surface area (Å²) in [7, 11) is 0. The number of esters is 1. The number of pyridine rings is 1. The van der Waals surface area contributed by atoms with Gasteiger partial charge in [0.25, 0.3) is 5.91 Å². The van der Waals surface area contributed by atoms with E-state index in [1.165, 1.54) is 0 Å². The highest BCUT2D eigenvalue weighted by Gasteiger charge is 2.21. The standard InChI is InChI=1S/C16H22Cl3N3O3/c1-3-5-6-9(4-2)7-21-10(23)8-25-16(24)14-11(17)13(20)12(18)15(19)22-14/h9H,3-8H2,1-2H3,(H2,20,22)(H,21,23)/t9-/m1/s1. The van der Waals surface area contributed by atoms with Gasteiger partial charge in [0.2, 0.25) is 0 Å². The maximum absolute atomic E-state index is 12.0. The molecular formula is C16H22Cl3N3O3. The van der Waals surface area contributed by atoms with Crippen LogP contribution >= 0.6 is 34.8 Å². The van der Waals surface area contributed by atoms with Crippen molar-refractivity contribution in [3.8, 4) is 0 Å². The smallest absolute Gasteiger partial charge is 0.359 e. The zero-order valence-corrected chi connectivity index (χ0v) is 16.5. The number of anilines is 1. The highest BCUT2D eigenvalue weighted by Crippen LogP contribution is 2.34. The third-order valence-corrected chi connectivity index (χ3v) is 4.87. The lowest BCUT2D eigenvalue weighted by atomic mass is 9.99. The Balaban J connectivity index is 2.55. The van der Waals surface area contributed by atoms with E-state index in [2.05, 4.69) is 24.1 Å². The van der Waals surface area contributed by atoms with Gasteiger partial charge in [0, 0.05) is 6.54 Å². The maximum atomic E-state index is 12.0. The van der Waals surface area contributed by atoms with Crippen molar-refractivity contribution in [2.45, 2.75) is 39.5 Å². The number of aromatic nitrogens is 1. The summed E-state index contributed by atoms with van der Waals surface area (Å²) in [4.78, 5) is 27.6. The molecule has 0 fully saturated rings. The fraction of sp³-hybridized carbons (Fsp3) is 0.562. The minimum Gasteiger partial charge on any atom is -0.451 e. The van der Waals surface area contributed by atoms with Crippen LogP contribution in [0, 0.1) is 5.92 Å². The Morgan fingerprint density at radius 1 is 1.24 bits per heavy atom. The summed E-state index contributed by atoms with van der Waals surface area (Å²) in [5.41, 5.74) is 5.29. The van der Waals surface area contributed by atoms with Crippen molar-refractivity contribution in [1.82, 2.24) is 10.3 Å². The molecule has 1 aromatic rings. The minimum absolute atomic E-state index is 0.0429. The van der Waals surface area contributed by atoms with Gasteiger partial charge in [-0.1, -0.05) is 67.9 Å². The van der Waals surface area contributed by atoms with Crippen molar-refractivity contribution in [2.75, 3.05) is 18.9 Å². The fourth-order valence-corrected chi connectivity index (χ4v) is 2.70. The van der Waals surface area contributed by atoms with E-state index < -0.39 is 18.5 Å². The molecule has 1 atom stereocenters. The summed E-state index contributed by atoms with van der Waals surface area (Å²) in [6, 6.07) is 0. The van der Waals surface area contributed by atoms with E-state index in [9.17, 15) is 9.59 Å². The zero-order chi connectivity index (χ0) is 19.0. The van der Waals surface area contributed by atoms with Gasteiger partial charge in [-0.2, -0.15) is 0 Å². The van der Waals surface area contributed by atoms with Crippen molar-refractivity contribution < 1.29 is 14.3 Å². The molecule has 0 aliphatic rings. The molecule has 9 heteroatoms. The minimum atomic E-state index is -0.900. The van der Waals surface area contributed by atoms with Crippen LogP contribution in [0.25, 0.3) is 0 Å². The number of nitrogens with zero attached hydrogens (tertiary/aromatic N) is 1. The van der Waals surface area contributed by atoms with Crippen LogP contribution in [0.1, 0.15) is 50.0 Å². The summed E-state index contributed by atoms with van der Waals surface area (Å²) in [6.07, 6.45) is 4.26. The van der Waals surface area contributed by atoms with E-state index in [1.54, 1.807) is 0 Å². The molecule has 0 saturated carbocycles. The quantitative estimate of drug-likeness (QED) is 0.472. The predicted molar refractivity (Wildman–Crippen MR) is 100 cm³/mol. The molecule has 0 aliphatic carbocycles. The molecule has 1 rings (SSSR count). The third kappa shape index (κ3) is 6.53. The van der Waals surface area contributed by atoms with Gasteiger partial charge in [-0.25, -0.2) is 9.78 Å². The molecule has 0 radical (unpaired) electrons. The van der Waals surface area contributed by atoms with Crippen molar-refractivity contribution in [1.29, 1.82) is 0 Å². The van der Waals surface area contributed by atoms with Crippen LogP contribution in [0.3, 0.4) is 0 Å².